The molecule has 0 aromatic heterocycles. The number of amides is 1. The molecule has 0 unspecified atom stereocenters. The largest absolute Gasteiger partial charge is 0.351 e. The zero-order valence-electron chi connectivity index (χ0n) is 11.6. The lowest BCUT2D eigenvalue weighted by atomic mass is 9.63. The van der Waals surface area contributed by atoms with E-state index in [0.29, 0.717) is 25.3 Å². The maximum atomic E-state index is 12.1. The highest BCUT2D eigenvalue weighted by molar-refractivity contribution is 5.86. The van der Waals surface area contributed by atoms with Crippen LogP contribution in [0, 0.1) is 22.7 Å². The highest BCUT2D eigenvalue weighted by atomic mass is 16.2. The highest BCUT2D eigenvalue weighted by Gasteiger charge is 2.48. The van der Waals surface area contributed by atoms with Gasteiger partial charge in [0.2, 0.25) is 5.91 Å². The lowest BCUT2D eigenvalue weighted by Gasteiger charge is -2.39. The van der Waals surface area contributed by atoms with Crippen LogP contribution in [-0.2, 0) is 17.8 Å². The van der Waals surface area contributed by atoms with Crippen molar-refractivity contribution in [3.63, 3.8) is 0 Å². The Morgan fingerprint density at radius 1 is 1.37 bits per heavy atom. The van der Waals surface area contributed by atoms with Crippen LogP contribution in [0.15, 0.2) is 24.3 Å². The van der Waals surface area contributed by atoms with Gasteiger partial charge in [0, 0.05) is 6.54 Å². The second kappa shape index (κ2) is 5.44. The van der Waals surface area contributed by atoms with Gasteiger partial charge in [0.1, 0.15) is 5.41 Å². The van der Waals surface area contributed by atoms with Crippen LogP contribution in [0.25, 0.3) is 0 Å². The van der Waals surface area contributed by atoms with E-state index in [4.69, 9.17) is 0 Å². The lowest BCUT2D eigenvalue weighted by Crippen LogP contribution is -2.47. The van der Waals surface area contributed by atoms with E-state index < -0.39 is 5.41 Å². The predicted octanol–water partition coefficient (Wildman–Crippen LogP) is 2.81. The summed E-state index contributed by atoms with van der Waals surface area (Å²) < 4.78 is 0. The third-order valence-electron chi connectivity index (χ3n) is 3.93. The molecular weight excluding hydrogens is 236 g/mol. The molecule has 1 aromatic carbocycles. The minimum Gasteiger partial charge on any atom is -0.351 e. The summed E-state index contributed by atoms with van der Waals surface area (Å²) in [5, 5.41) is 12.1. The van der Waals surface area contributed by atoms with Crippen molar-refractivity contribution in [2.45, 2.75) is 39.7 Å². The number of hydrogen-bond acceptors (Lipinski definition) is 2. The Kier molecular flexibility index (Phi) is 3.90. The van der Waals surface area contributed by atoms with Gasteiger partial charge < -0.3 is 5.32 Å². The van der Waals surface area contributed by atoms with Crippen molar-refractivity contribution in [2.24, 2.45) is 11.3 Å². The Bertz CT molecular complexity index is 492. The van der Waals surface area contributed by atoms with E-state index >= 15 is 0 Å². The average molecular weight is 256 g/mol. The van der Waals surface area contributed by atoms with E-state index in [9.17, 15) is 10.1 Å². The van der Waals surface area contributed by atoms with Crippen molar-refractivity contribution in [1.82, 2.24) is 5.32 Å². The summed E-state index contributed by atoms with van der Waals surface area (Å²) in [6.45, 7) is 4.69. The number of carbonyl (C=O) groups is 1. The van der Waals surface area contributed by atoms with Gasteiger partial charge in [-0.1, -0.05) is 38.1 Å². The Morgan fingerprint density at radius 2 is 1.95 bits per heavy atom. The van der Waals surface area contributed by atoms with E-state index in [1.165, 1.54) is 5.56 Å². The number of rotatable bonds is 4. The van der Waals surface area contributed by atoms with Crippen LogP contribution in [0.1, 0.15) is 37.8 Å². The Hall–Kier alpha value is -1.82. The summed E-state index contributed by atoms with van der Waals surface area (Å²) in [4.78, 5) is 12.1. The number of nitrogens with one attached hydrogen (secondary N) is 1. The smallest absolute Gasteiger partial charge is 0.240 e. The van der Waals surface area contributed by atoms with Crippen LogP contribution in [0.4, 0.5) is 0 Å². The van der Waals surface area contributed by atoms with Gasteiger partial charge in [-0.05, 0) is 36.3 Å². The number of benzene rings is 1. The van der Waals surface area contributed by atoms with Crippen LogP contribution < -0.4 is 5.32 Å². The van der Waals surface area contributed by atoms with E-state index in [2.05, 4.69) is 37.4 Å². The zero-order chi connectivity index (χ0) is 13.9. The third kappa shape index (κ3) is 2.78. The van der Waals surface area contributed by atoms with Crippen LogP contribution in [-0.4, -0.2) is 5.91 Å². The first-order valence-corrected chi connectivity index (χ1v) is 6.87. The molecule has 19 heavy (non-hydrogen) atoms. The summed E-state index contributed by atoms with van der Waals surface area (Å²) in [7, 11) is 0. The van der Waals surface area contributed by atoms with Gasteiger partial charge in [-0.2, -0.15) is 5.26 Å². The fraction of sp³-hybridized carbons (Fsp3) is 0.500. The Balaban J connectivity index is 1.91. The predicted molar refractivity (Wildman–Crippen MR) is 74.1 cm³/mol. The second-order valence-corrected chi connectivity index (χ2v) is 5.56. The first-order chi connectivity index (χ1) is 9.09. The van der Waals surface area contributed by atoms with Gasteiger partial charge in [0.25, 0.3) is 0 Å². The molecule has 2 rings (SSSR count). The van der Waals surface area contributed by atoms with Crippen molar-refractivity contribution >= 4 is 5.91 Å². The molecule has 0 aliphatic heterocycles. The van der Waals surface area contributed by atoms with Crippen LogP contribution in [0.2, 0.25) is 0 Å². The van der Waals surface area contributed by atoms with Gasteiger partial charge >= 0.3 is 0 Å². The number of carbonyl (C=O) groups excluding carboxylic acids is 1. The first-order valence-electron chi connectivity index (χ1n) is 6.87. The minimum atomic E-state index is -0.775. The van der Waals surface area contributed by atoms with Gasteiger partial charge in [-0.3, -0.25) is 4.79 Å². The minimum absolute atomic E-state index is 0.118. The molecule has 0 bridgehead atoms. The van der Waals surface area contributed by atoms with Crippen molar-refractivity contribution in [2.75, 3.05) is 0 Å². The molecule has 0 radical (unpaired) electrons. The maximum Gasteiger partial charge on any atom is 0.240 e. The number of aryl methyl sites for hydroxylation is 1. The van der Waals surface area contributed by atoms with E-state index in [0.717, 1.165) is 12.0 Å². The fourth-order valence-electron chi connectivity index (χ4n) is 2.70. The molecule has 1 aliphatic carbocycles. The maximum absolute atomic E-state index is 12.1. The average Bonchev–Trinajstić information content (AvgIpc) is 2.41. The molecule has 1 fully saturated rings. The summed E-state index contributed by atoms with van der Waals surface area (Å²) in [6.07, 6.45) is 2.39. The highest BCUT2D eigenvalue weighted by Crippen LogP contribution is 2.45. The molecular formula is C16H20N2O. The molecule has 0 spiro atoms. The topological polar surface area (TPSA) is 52.9 Å². The number of nitriles is 1. The van der Waals surface area contributed by atoms with Crippen LogP contribution in [0.5, 0.6) is 0 Å². The molecule has 1 aromatic rings. The quantitative estimate of drug-likeness (QED) is 0.900. The van der Waals surface area contributed by atoms with Crippen molar-refractivity contribution in [3.8, 4) is 6.07 Å². The zero-order valence-corrected chi connectivity index (χ0v) is 11.6. The number of nitrogens with zero attached hydrogens (tertiary/aromatic N) is 1. The van der Waals surface area contributed by atoms with Crippen LogP contribution in [0.3, 0.4) is 0 Å². The number of hydrogen-bond donors (Lipinski definition) is 1. The van der Waals surface area contributed by atoms with E-state index in [-0.39, 0.29) is 5.91 Å². The van der Waals surface area contributed by atoms with Crippen molar-refractivity contribution in [3.05, 3.63) is 35.4 Å². The van der Waals surface area contributed by atoms with Gasteiger partial charge in [0.05, 0.1) is 6.07 Å². The van der Waals surface area contributed by atoms with E-state index in [1.807, 2.05) is 12.1 Å². The summed E-state index contributed by atoms with van der Waals surface area (Å²) in [5.74, 6) is 0.363. The summed E-state index contributed by atoms with van der Waals surface area (Å²) in [5.41, 5.74) is 1.59. The molecule has 1 aliphatic rings. The molecule has 0 heterocycles. The normalized spacial score (nSPS) is 25.2. The third-order valence-corrected chi connectivity index (χ3v) is 3.93. The Morgan fingerprint density at radius 3 is 2.42 bits per heavy atom. The SMILES string of the molecule is CCc1ccc(CNC(=O)C2(C#N)CC(C)C2)cc1. The molecule has 3 heteroatoms. The first kappa shape index (κ1) is 13.6. The standard InChI is InChI=1S/C16H20N2O/c1-3-13-4-6-14(7-5-13)10-18-15(19)16(11-17)8-12(2)9-16/h4-7,12H,3,8-10H2,1-2H3,(H,18,19). The molecule has 1 amide bonds. The molecule has 1 saturated carbocycles. The molecule has 3 nitrogen and oxygen atoms in total. The Labute approximate surface area is 114 Å². The van der Waals surface area contributed by atoms with Gasteiger partial charge in [0.15, 0.2) is 0 Å². The van der Waals surface area contributed by atoms with E-state index in [1.54, 1.807) is 0 Å². The lowest BCUT2D eigenvalue weighted by molar-refractivity contribution is -0.134. The van der Waals surface area contributed by atoms with Crippen molar-refractivity contribution < 1.29 is 4.79 Å². The molecule has 100 valence electrons. The molecule has 1 N–H and O–H groups in total. The van der Waals surface area contributed by atoms with Crippen LogP contribution >= 0.6 is 0 Å². The monoisotopic (exact) mass is 256 g/mol. The molecule has 0 saturated heterocycles. The van der Waals surface area contributed by atoms with Gasteiger partial charge in [-0.25, -0.2) is 0 Å². The second-order valence-electron chi connectivity index (χ2n) is 5.56. The van der Waals surface area contributed by atoms with Gasteiger partial charge in [-0.15, -0.1) is 0 Å². The summed E-state index contributed by atoms with van der Waals surface area (Å²) in [6, 6.07) is 10.4. The fourth-order valence-corrected chi connectivity index (χ4v) is 2.70. The van der Waals surface area contributed by atoms with Crippen molar-refractivity contribution in [1.29, 1.82) is 5.26 Å². The molecule has 0 atom stereocenters. The summed E-state index contributed by atoms with van der Waals surface area (Å²) >= 11 is 0.